The Morgan fingerprint density at radius 2 is 1.62 bits per heavy atom. The fourth-order valence-corrected chi connectivity index (χ4v) is 8.27. The molecule has 2 nitrogen and oxygen atoms in total. The second-order valence-corrected chi connectivity index (χ2v) is 10.3. The molecule has 4 aliphatic rings. The summed E-state index contributed by atoms with van der Waals surface area (Å²) in [6.45, 7) is 7.19. The number of aliphatic hydroxyl groups excluding tert-OH is 1. The first-order chi connectivity index (χ1) is 11.4. The predicted octanol–water partition coefficient (Wildman–Crippen LogP) is 5.04. The van der Waals surface area contributed by atoms with Gasteiger partial charge in [0.1, 0.15) is 0 Å². The van der Waals surface area contributed by atoms with Gasteiger partial charge in [0.25, 0.3) is 0 Å². The van der Waals surface area contributed by atoms with Crippen LogP contribution in [0.15, 0.2) is 0 Å². The van der Waals surface area contributed by atoms with Gasteiger partial charge in [0.05, 0.1) is 12.2 Å². The van der Waals surface area contributed by atoms with Crippen LogP contribution in [0.2, 0.25) is 0 Å². The summed E-state index contributed by atoms with van der Waals surface area (Å²) in [6, 6.07) is 0. The van der Waals surface area contributed by atoms with Crippen molar-refractivity contribution in [2.75, 3.05) is 7.11 Å². The van der Waals surface area contributed by atoms with E-state index in [-0.39, 0.29) is 6.10 Å². The minimum Gasteiger partial charge on any atom is -0.393 e. The third-order valence-corrected chi connectivity index (χ3v) is 9.61. The Morgan fingerprint density at radius 3 is 2.33 bits per heavy atom. The number of methoxy groups -OCH3 is 1. The van der Waals surface area contributed by atoms with Crippen molar-refractivity contribution >= 4 is 0 Å². The van der Waals surface area contributed by atoms with Gasteiger partial charge in [-0.2, -0.15) is 0 Å². The van der Waals surface area contributed by atoms with Crippen LogP contribution in [0.25, 0.3) is 0 Å². The van der Waals surface area contributed by atoms with Crippen LogP contribution in [-0.2, 0) is 4.74 Å². The molecular weight excluding hydrogens is 296 g/mol. The summed E-state index contributed by atoms with van der Waals surface area (Å²) in [5.74, 6) is 4.15. The molecule has 0 aromatic rings. The Hall–Kier alpha value is -0.0800. The van der Waals surface area contributed by atoms with Gasteiger partial charge in [0.2, 0.25) is 0 Å². The van der Waals surface area contributed by atoms with E-state index in [1.165, 1.54) is 57.8 Å². The third-order valence-electron chi connectivity index (χ3n) is 9.61. The number of ether oxygens (including phenoxy) is 1. The quantitative estimate of drug-likeness (QED) is 0.766. The van der Waals surface area contributed by atoms with E-state index in [9.17, 15) is 5.11 Å². The first-order valence-corrected chi connectivity index (χ1v) is 10.6. The van der Waals surface area contributed by atoms with Crippen molar-refractivity contribution in [3.05, 3.63) is 0 Å². The predicted molar refractivity (Wildman–Crippen MR) is 97.7 cm³/mol. The lowest BCUT2D eigenvalue weighted by Crippen LogP contribution is -2.54. The SMILES string of the molecule is CO[C@H]1CC[C@@]2(C)C(CCC3C2CC[C@@]2(C)C3CC[C@@H]2[C@@H](C)O)C1. The molecule has 4 saturated carbocycles. The Morgan fingerprint density at radius 1 is 0.917 bits per heavy atom. The molecule has 0 spiro atoms. The van der Waals surface area contributed by atoms with Crippen molar-refractivity contribution in [1.29, 1.82) is 0 Å². The molecule has 0 saturated heterocycles. The highest BCUT2D eigenvalue weighted by atomic mass is 16.5. The van der Waals surface area contributed by atoms with E-state index in [1.807, 2.05) is 14.0 Å². The average Bonchev–Trinajstić information content (AvgIpc) is 2.91. The molecule has 9 atom stereocenters. The number of fused-ring (bicyclic) bond motifs is 5. The number of hydrogen-bond donors (Lipinski definition) is 1. The molecular formula is C22H38O2. The largest absolute Gasteiger partial charge is 0.393 e. The zero-order valence-corrected chi connectivity index (χ0v) is 16.3. The lowest BCUT2D eigenvalue weighted by atomic mass is 9.44. The van der Waals surface area contributed by atoms with Crippen molar-refractivity contribution in [1.82, 2.24) is 0 Å². The summed E-state index contributed by atoms with van der Waals surface area (Å²) < 4.78 is 5.72. The molecule has 1 N–H and O–H groups in total. The van der Waals surface area contributed by atoms with Gasteiger partial charge in [-0.25, -0.2) is 0 Å². The standard InChI is InChI=1S/C22H38O2/c1-14(23)18-7-8-19-17-6-5-15-13-16(24-4)9-11-21(15,2)20(17)10-12-22(18,19)3/h14-20,23H,5-13H2,1-4H3/t14-,15?,16+,17?,18-,19?,20?,21+,22-/m1/s1. The zero-order chi connectivity index (χ0) is 17.1. The molecule has 24 heavy (non-hydrogen) atoms. The van der Waals surface area contributed by atoms with Gasteiger partial charge in [-0.3, -0.25) is 0 Å². The monoisotopic (exact) mass is 334 g/mol. The molecule has 4 aliphatic carbocycles. The molecule has 4 fully saturated rings. The van der Waals surface area contributed by atoms with Crippen molar-refractivity contribution in [3.63, 3.8) is 0 Å². The molecule has 0 heterocycles. The van der Waals surface area contributed by atoms with Crippen LogP contribution in [0.1, 0.15) is 78.6 Å². The zero-order valence-electron chi connectivity index (χ0n) is 16.3. The van der Waals surface area contributed by atoms with Crippen LogP contribution in [-0.4, -0.2) is 24.4 Å². The van der Waals surface area contributed by atoms with Crippen LogP contribution in [0.3, 0.4) is 0 Å². The minimum absolute atomic E-state index is 0.124. The van der Waals surface area contributed by atoms with E-state index in [2.05, 4.69) is 13.8 Å². The van der Waals surface area contributed by atoms with E-state index in [0.29, 0.717) is 22.9 Å². The highest BCUT2D eigenvalue weighted by Gasteiger charge is 2.60. The maximum absolute atomic E-state index is 10.3. The van der Waals surface area contributed by atoms with Gasteiger partial charge in [-0.15, -0.1) is 0 Å². The Bertz CT molecular complexity index is 475. The number of rotatable bonds is 2. The van der Waals surface area contributed by atoms with E-state index in [1.54, 1.807) is 0 Å². The Labute approximate surface area is 148 Å². The normalized spacial score (nSPS) is 55.4. The summed E-state index contributed by atoms with van der Waals surface area (Å²) in [5.41, 5.74) is 0.963. The lowest BCUT2D eigenvalue weighted by Gasteiger charge is -2.61. The summed E-state index contributed by atoms with van der Waals surface area (Å²) in [7, 11) is 1.90. The maximum atomic E-state index is 10.3. The first kappa shape index (κ1) is 17.3. The van der Waals surface area contributed by atoms with Gasteiger partial charge in [-0.1, -0.05) is 13.8 Å². The summed E-state index contributed by atoms with van der Waals surface area (Å²) in [5, 5.41) is 10.3. The highest BCUT2D eigenvalue weighted by molar-refractivity contribution is 5.09. The molecule has 0 bridgehead atoms. The van der Waals surface area contributed by atoms with Crippen LogP contribution < -0.4 is 0 Å². The van der Waals surface area contributed by atoms with E-state index >= 15 is 0 Å². The van der Waals surface area contributed by atoms with E-state index < -0.39 is 0 Å². The van der Waals surface area contributed by atoms with E-state index in [0.717, 1.165) is 23.7 Å². The highest BCUT2D eigenvalue weighted by Crippen LogP contribution is 2.67. The van der Waals surface area contributed by atoms with E-state index in [4.69, 9.17) is 4.74 Å². The van der Waals surface area contributed by atoms with Gasteiger partial charge >= 0.3 is 0 Å². The van der Waals surface area contributed by atoms with Crippen molar-refractivity contribution in [3.8, 4) is 0 Å². The molecule has 0 radical (unpaired) electrons. The van der Waals surface area contributed by atoms with Crippen molar-refractivity contribution in [2.45, 2.75) is 90.8 Å². The van der Waals surface area contributed by atoms with Crippen LogP contribution in [0.5, 0.6) is 0 Å². The summed E-state index contributed by atoms with van der Waals surface area (Å²) in [4.78, 5) is 0. The molecule has 4 unspecified atom stereocenters. The summed E-state index contributed by atoms with van der Waals surface area (Å²) >= 11 is 0. The molecule has 0 aliphatic heterocycles. The second kappa shape index (κ2) is 5.98. The van der Waals surface area contributed by atoms with Crippen molar-refractivity contribution < 1.29 is 9.84 Å². The number of hydrogen-bond acceptors (Lipinski definition) is 2. The van der Waals surface area contributed by atoms with Gasteiger partial charge in [-0.05, 0) is 105 Å². The fraction of sp³-hybridized carbons (Fsp3) is 1.00. The molecule has 138 valence electrons. The Kier molecular flexibility index (Phi) is 4.32. The van der Waals surface area contributed by atoms with Gasteiger partial charge in [0, 0.05) is 7.11 Å². The molecule has 0 aromatic carbocycles. The van der Waals surface area contributed by atoms with Gasteiger partial charge in [0.15, 0.2) is 0 Å². The van der Waals surface area contributed by atoms with Crippen LogP contribution in [0.4, 0.5) is 0 Å². The molecule has 0 aromatic heterocycles. The molecule has 4 rings (SSSR count). The minimum atomic E-state index is -0.124. The fourth-order valence-electron chi connectivity index (χ4n) is 8.27. The third kappa shape index (κ3) is 2.35. The molecule has 2 heteroatoms. The first-order valence-electron chi connectivity index (χ1n) is 10.6. The number of aliphatic hydroxyl groups is 1. The van der Waals surface area contributed by atoms with Crippen LogP contribution >= 0.6 is 0 Å². The van der Waals surface area contributed by atoms with Crippen molar-refractivity contribution in [2.24, 2.45) is 40.4 Å². The molecule has 0 amide bonds. The second-order valence-electron chi connectivity index (χ2n) is 10.3. The average molecular weight is 335 g/mol. The Balaban J connectivity index is 1.58. The maximum Gasteiger partial charge on any atom is 0.0574 e. The lowest BCUT2D eigenvalue weighted by molar-refractivity contribution is -0.135. The topological polar surface area (TPSA) is 29.5 Å². The van der Waals surface area contributed by atoms with Gasteiger partial charge < -0.3 is 9.84 Å². The summed E-state index contributed by atoms with van der Waals surface area (Å²) in [6.07, 6.45) is 12.6. The van der Waals surface area contributed by atoms with Crippen LogP contribution in [0, 0.1) is 40.4 Å². The smallest absolute Gasteiger partial charge is 0.0574 e.